The number of ether oxygens (including phenoxy) is 1. The first kappa shape index (κ1) is 21.1. The number of amidine groups is 1. The van der Waals surface area contributed by atoms with Gasteiger partial charge >= 0.3 is 6.09 Å². The van der Waals surface area contributed by atoms with Crippen molar-refractivity contribution in [2.24, 2.45) is 4.99 Å². The maximum absolute atomic E-state index is 12.5. The average Bonchev–Trinajstić information content (AvgIpc) is 2.95. The summed E-state index contributed by atoms with van der Waals surface area (Å²) in [5, 5.41) is 1.61. The molecule has 1 amide bonds. The molecule has 0 N–H and O–H groups in total. The van der Waals surface area contributed by atoms with Crippen molar-refractivity contribution in [2.45, 2.75) is 45.8 Å². The van der Waals surface area contributed by atoms with Crippen LogP contribution in [0.1, 0.15) is 45.7 Å². The third-order valence-corrected chi connectivity index (χ3v) is 5.34. The van der Waals surface area contributed by atoms with Gasteiger partial charge in [-0.05, 0) is 45.7 Å². The topological polar surface area (TPSA) is 41.9 Å². The van der Waals surface area contributed by atoms with Crippen LogP contribution in [0, 0.1) is 0 Å². The summed E-state index contributed by atoms with van der Waals surface area (Å²) in [6.07, 6.45) is 0.235. The highest BCUT2D eigenvalue weighted by molar-refractivity contribution is 8.14. The van der Waals surface area contributed by atoms with Gasteiger partial charge in [0, 0.05) is 12.3 Å². The molecule has 0 radical (unpaired) electrons. The highest BCUT2D eigenvalue weighted by atomic mass is 35.5. The lowest BCUT2D eigenvalue weighted by molar-refractivity contribution is 0.0385. The van der Waals surface area contributed by atoms with Crippen molar-refractivity contribution < 1.29 is 9.53 Å². The molecule has 1 aromatic rings. The van der Waals surface area contributed by atoms with Gasteiger partial charge in [0.2, 0.25) is 0 Å². The molecule has 0 aromatic heterocycles. The van der Waals surface area contributed by atoms with E-state index in [1.54, 1.807) is 11.0 Å². The molecule has 1 unspecified atom stereocenters. The molecule has 0 spiro atoms. The van der Waals surface area contributed by atoms with Gasteiger partial charge in [-0.3, -0.25) is 9.89 Å². The molecule has 1 fully saturated rings. The highest BCUT2D eigenvalue weighted by Gasteiger charge is 2.31. The van der Waals surface area contributed by atoms with Gasteiger partial charge in [-0.25, -0.2) is 4.79 Å². The molecule has 26 heavy (non-hydrogen) atoms. The maximum Gasteiger partial charge on any atom is 0.416 e. The van der Waals surface area contributed by atoms with E-state index in [1.165, 1.54) is 11.8 Å². The van der Waals surface area contributed by atoms with E-state index < -0.39 is 5.60 Å². The third-order valence-electron chi connectivity index (χ3n) is 3.54. The van der Waals surface area contributed by atoms with E-state index >= 15 is 0 Å². The normalized spacial score (nSPS) is 17.5. The Hall–Kier alpha value is -1.17. The summed E-state index contributed by atoms with van der Waals surface area (Å²) in [5.41, 5.74) is 1.25. The van der Waals surface area contributed by atoms with Crippen LogP contribution < -0.4 is 0 Å². The van der Waals surface area contributed by atoms with Crippen molar-refractivity contribution in [3.05, 3.63) is 46.0 Å². The highest BCUT2D eigenvalue weighted by Crippen LogP contribution is 2.36. The van der Waals surface area contributed by atoms with Crippen molar-refractivity contribution in [3.63, 3.8) is 0 Å². The lowest BCUT2D eigenvalue weighted by Crippen LogP contribution is -2.37. The van der Waals surface area contributed by atoms with Crippen molar-refractivity contribution in [3.8, 4) is 0 Å². The Morgan fingerprint density at radius 1 is 1.42 bits per heavy atom. The molecule has 0 saturated carbocycles. The Morgan fingerprint density at radius 3 is 2.73 bits per heavy atom. The number of amides is 1. The van der Waals surface area contributed by atoms with Gasteiger partial charge < -0.3 is 4.74 Å². The van der Waals surface area contributed by atoms with Crippen molar-refractivity contribution in [2.75, 3.05) is 12.3 Å². The van der Waals surface area contributed by atoms with Crippen molar-refractivity contribution in [1.29, 1.82) is 0 Å². The first-order valence-electron chi connectivity index (χ1n) is 8.38. The monoisotopic (exact) mass is 414 g/mol. The van der Waals surface area contributed by atoms with Crippen LogP contribution in [0.3, 0.4) is 0 Å². The molecule has 4 nitrogen and oxygen atoms in total. The second kappa shape index (κ2) is 8.68. The number of rotatable bonds is 4. The van der Waals surface area contributed by atoms with Crippen LogP contribution in [-0.2, 0) is 4.74 Å². The van der Waals surface area contributed by atoms with Gasteiger partial charge in [-0.2, -0.15) is 0 Å². The molecular formula is C19H24Cl2N2O2S. The predicted molar refractivity (Wildman–Crippen MR) is 111 cm³/mol. The second-order valence-electron chi connectivity index (χ2n) is 7.21. The Labute approximate surface area is 169 Å². The molecule has 1 aliphatic heterocycles. The minimum Gasteiger partial charge on any atom is -0.443 e. The number of aliphatic imine (C=N–C) groups is 1. The number of hydrogen-bond donors (Lipinski definition) is 0. The molecule has 142 valence electrons. The van der Waals surface area contributed by atoms with Gasteiger partial charge in [0.25, 0.3) is 0 Å². The maximum atomic E-state index is 12.5. The zero-order valence-electron chi connectivity index (χ0n) is 15.5. The smallest absolute Gasteiger partial charge is 0.416 e. The standard InChI is InChI=1S/C19H24Cl2N2O2S/c1-12(2)11-15(13-7-6-8-14(20)16(13)21)22-17-23(9-10-26-17)18(24)25-19(3,4)5/h6-8,15H,1,9-11H2,2-5H3. The van der Waals surface area contributed by atoms with Gasteiger partial charge in [-0.15, -0.1) is 6.58 Å². The number of nitrogens with zero attached hydrogens (tertiary/aromatic N) is 2. The van der Waals surface area contributed by atoms with Gasteiger partial charge in [-0.1, -0.05) is 52.7 Å². The van der Waals surface area contributed by atoms with E-state index in [1.807, 2.05) is 39.8 Å². The number of benzene rings is 1. The van der Waals surface area contributed by atoms with E-state index in [2.05, 4.69) is 6.58 Å². The summed E-state index contributed by atoms with van der Waals surface area (Å²) < 4.78 is 5.49. The number of carbonyl (C=O) groups excluding carboxylic acids is 1. The molecule has 0 aliphatic carbocycles. The molecule has 7 heteroatoms. The number of halogens is 2. The fourth-order valence-electron chi connectivity index (χ4n) is 2.46. The summed E-state index contributed by atoms with van der Waals surface area (Å²) in [7, 11) is 0. The summed E-state index contributed by atoms with van der Waals surface area (Å²) >= 11 is 14.1. The third kappa shape index (κ3) is 5.66. The van der Waals surface area contributed by atoms with Crippen molar-refractivity contribution in [1.82, 2.24) is 4.90 Å². The summed E-state index contributed by atoms with van der Waals surface area (Å²) in [4.78, 5) is 18.9. The van der Waals surface area contributed by atoms with Gasteiger partial charge in [0.15, 0.2) is 5.17 Å². The molecule has 2 rings (SSSR count). The Bertz CT molecular complexity index is 729. The lowest BCUT2D eigenvalue weighted by Gasteiger charge is -2.25. The largest absolute Gasteiger partial charge is 0.443 e. The molecule has 1 atom stereocenters. The first-order chi connectivity index (χ1) is 12.1. The van der Waals surface area contributed by atoms with Crippen LogP contribution in [0.15, 0.2) is 35.3 Å². The Morgan fingerprint density at radius 2 is 2.12 bits per heavy atom. The Kier molecular flexibility index (Phi) is 7.05. The predicted octanol–water partition coefficient (Wildman–Crippen LogP) is 6.34. The molecule has 1 heterocycles. The fourth-order valence-corrected chi connectivity index (χ4v) is 3.88. The van der Waals surface area contributed by atoms with Gasteiger partial charge in [0.1, 0.15) is 5.60 Å². The van der Waals surface area contributed by atoms with Crippen LogP contribution in [0.25, 0.3) is 0 Å². The van der Waals surface area contributed by atoms with Gasteiger partial charge in [0.05, 0.1) is 16.1 Å². The van der Waals surface area contributed by atoms with Crippen LogP contribution in [0.5, 0.6) is 0 Å². The quantitative estimate of drug-likeness (QED) is 0.539. The molecule has 1 saturated heterocycles. The summed E-state index contributed by atoms with van der Waals surface area (Å²) in [6, 6.07) is 5.24. The van der Waals surface area contributed by atoms with E-state index in [0.717, 1.165) is 16.9 Å². The summed E-state index contributed by atoms with van der Waals surface area (Å²) in [6.45, 7) is 12.1. The number of carbonyl (C=O) groups is 1. The van der Waals surface area contributed by atoms with Crippen molar-refractivity contribution >= 4 is 46.2 Å². The second-order valence-corrected chi connectivity index (χ2v) is 9.06. The minimum absolute atomic E-state index is 0.260. The average molecular weight is 415 g/mol. The van der Waals surface area contributed by atoms with Crippen LogP contribution >= 0.6 is 35.0 Å². The van der Waals surface area contributed by atoms with E-state index in [0.29, 0.717) is 28.2 Å². The molecular weight excluding hydrogens is 391 g/mol. The van der Waals surface area contributed by atoms with E-state index in [-0.39, 0.29) is 12.1 Å². The van der Waals surface area contributed by atoms with E-state index in [4.69, 9.17) is 32.9 Å². The SMILES string of the molecule is C=C(C)CC(N=C1SCCN1C(=O)OC(C)(C)C)c1cccc(Cl)c1Cl. The minimum atomic E-state index is -0.553. The number of hydrogen-bond acceptors (Lipinski definition) is 4. The molecule has 0 bridgehead atoms. The molecule has 1 aliphatic rings. The van der Waals surface area contributed by atoms with Crippen LogP contribution in [0.2, 0.25) is 10.0 Å². The first-order valence-corrected chi connectivity index (χ1v) is 10.1. The fraction of sp³-hybridized carbons (Fsp3) is 0.474. The molecule has 1 aromatic carbocycles. The van der Waals surface area contributed by atoms with Crippen LogP contribution in [-0.4, -0.2) is 34.1 Å². The number of thioether (sulfide) groups is 1. The van der Waals surface area contributed by atoms with E-state index in [9.17, 15) is 4.79 Å². The zero-order chi connectivity index (χ0) is 19.5. The summed E-state index contributed by atoms with van der Waals surface area (Å²) in [5.74, 6) is 0.779. The lowest BCUT2D eigenvalue weighted by atomic mass is 10.0. The zero-order valence-corrected chi connectivity index (χ0v) is 17.8. The Balaban J connectivity index is 2.34. The van der Waals surface area contributed by atoms with Crippen LogP contribution in [0.4, 0.5) is 4.79 Å².